The van der Waals surface area contributed by atoms with E-state index in [-0.39, 0.29) is 29.6 Å². The first kappa shape index (κ1) is 44.3. The molecule has 5 saturated heterocycles. The maximum absolute atomic E-state index is 11.5. The van der Waals surface area contributed by atoms with Crippen LogP contribution in [0.1, 0.15) is 92.4 Å². The van der Waals surface area contributed by atoms with Crippen LogP contribution in [0.2, 0.25) is 0 Å². The minimum absolute atomic E-state index is 0.0239. The zero-order chi connectivity index (χ0) is 42.6. The van der Waals surface area contributed by atoms with Crippen LogP contribution >= 0.6 is 0 Å². The highest BCUT2D eigenvalue weighted by atomic mass is 16.8. The number of ether oxygens (including phenoxy) is 8. The highest BCUT2D eigenvalue weighted by molar-refractivity contribution is 5.26. The Morgan fingerprint density at radius 2 is 1.48 bits per heavy atom. The fourth-order valence-electron chi connectivity index (χ4n) is 13.7. The molecule has 3 saturated carbocycles. The van der Waals surface area contributed by atoms with Crippen LogP contribution in [0.5, 0.6) is 0 Å². The Balaban J connectivity index is 0.932. The van der Waals surface area contributed by atoms with Crippen molar-refractivity contribution >= 4 is 0 Å². The summed E-state index contributed by atoms with van der Waals surface area (Å²) in [5.41, 5.74) is 1.52. The van der Waals surface area contributed by atoms with Crippen molar-refractivity contribution in [2.75, 3.05) is 19.8 Å². The predicted molar refractivity (Wildman–Crippen MR) is 208 cm³/mol. The number of allylic oxidation sites excluding steroid dienone is 1. The standard InChI is InChI=1S/C44H70O16/c1-19-8-13-44(54-17-19)20(2)30-28(60-44)15-26-24-7-6-22-14-23(9-11-42(22,4)25(24)10-12-43(26,30)5)56-41-38(59-40-36(52)34(50)31(47)21(3)55-40)37(33(49)29(16-45)57-41)58-39-35(51)32(48)27(46)18-53-39/h6,19-21,23-41,45-52H,7-18H2,1-5H3/t19-,20+,21+,23+,24-,25+,26+,27+,28+,29-,30+,31+,32+,33+,34-,35-,36-,37+,38-,39+,40+,41-,42+,43+,44-/m1/s1. The average molecular weight is 855 g/mol. The SMILES string of the molecule is C[C@@H]1CC[C@@]2(OC1)O[C@H]1C[C@H]3[C@@H]4CC=C5C[C@@H](O[C@@H]6O[C@H](CO)[C@H](O)[C@H](O[C@@H]7OC[C@H](O)[C@H](O)[C@H]7O)[C@H]6O[C@@H]6O[C@@H](C)[C@H](O)[C@@H](O)[C@H]6O)CC[C@]5(C)[C@H]4CC[C@]3(C)[C@H]1[C@@H]2C. The van der Waals surface area contributed by atoms with Crippen molar-refractivity contribution in [2.24, 2.45) is 46.3 Å². The van der Waals surface area contributed by atoms with E-state index in [2.05, 4.69) is 33.8 Å². The van der Waals surface area contributed by atoms with Gasteiger partial charge in [0.1, 0.15) is 61.0 Å². The highest BCUT2D eigenvalue weighted by Gasteiger charge is 2.69. The summed E-state index contributed by atoms with van der Waals surface area (Å²) in [7, 11) is 0. The topological polar surface area (TPSA) is 236 Å². The van der Waals surface area contributed by atoms with Crippen molar-refractivity contribution in [1.29, 1.82) is 0 Å². The molecule has 0 aromatic carbocycles. The third kappa shape index (κ3) is 7.19. The molecule has 9 aliphatic rings. The van der Waals surface area contributed by atoms with E-state index in [0.717, 1.165) is 45.1 Å². The molecule has 1 spiro atoms. The lowest BCUT2D eigenvalue weighted by molar-refractivity contribution is -0.390. The van der Waals surface area contributed by atoms with E-state index in [4.69, 9.17) is 37.9 Å². The van der Waals surface area contributed by atoms with E-state index in [1.54, 1.807) is 0 Å². The number of aliphatic hydroxyl groups is 8. The highest BCUT2D eigenvalue weighted by Crippen LogP contribution is 2.70. The molecule has 0 radical (unpaired) electrons. The van der Waals surface area contributed by atoms with Gasteiger partial charge in [0.2, 0.25) is 0 Å². The maximum atomic E-state index is 11.5. The number of rotatable bonds is 7. The van der Waals surface area contributed by atoms with Crippen molar-refractivity contribution in [3.63, 3.8) is 0 Å². The number of fused-ring (bicyclic) bond motifs is 7. The molecule has 16 heteroatoms. The summed E-state index contributed by atoms with van der Waals surface area (Å²) in [5, 5.41) is 85.1. The first-order valence-electron chi connectivity index (χ1n) is 22.8. The van der Waals surface area contributed by atoms with Crippen LogP contribution in [-0.4, -0.2) is 165 Å². The quantitative estimate of drug-likeness (QED) is 0.166. The van der Waals surface area contributed by atoms with Crippen molar-refractivity contribution < 1.29 is 78.7 Å². The van der Waals surface area contributed by atoms with Crippen LogP contribution in [0.3, 0.4) is 0 Å². The Kier molecular flexibility index (Phi) is 12.2. The molecule has 0 bridgehead atoms. The molecule has 16 nitrogen and oxygen atoms in total. The summed E-state index contributed by atoms with van der Waals surface area (Å²) in [6.07, 6.45) is -9.49. The number of aliphatic hydroxyl groups excluding tert-OH is 8. The fraction of sp³-hybridized carbons (Fsp3) is 0.955. The van der Waals surface area contributed by atoms with Gasteiger partial charge in [-0.15, -0.1) is 0 Å². The molecule has 9 rings (SSSR count). The average Bonchev–Trinajstić information content (AvgIpc) is 3.68. The molecule has 4 aliphatic carbocycles. The van der Waals surface area contributed by atoms with Gasteiger partial charge in [-0.2, -0.15) is 0 Å². The largest absolute Gasteiger partial charge is 0.394 e. The van der Waals surface area contributed by atoms with Crippen LogP contribution < -0.4 is 0 Å². The van der Waals surface area contributed by atoms with Crippen LogP contribution in [0.25, 0.3) is 0 Å². The summed E-state index contributed by atoms with van der Waals surface area (Å²) in [6.45, 7) is 10.9. The fourth-order valence-corrected chi connectivity index (χ4v) is 13.7. The van der Waals surface area contributed by atoms with E-state index in [0.29, 0.717) is 48.3 Å². The Morgan fingerprint density at radius 3 is 2.22 bits per heavy atom. The second-order valence-electron chi connectivity index (χ2n) is 20.6. The summed E-state index contributed by atoms with van der Waals surface area (Å²) < 4.78 is 50.1. The summed E-state index contributed by atoms with van der Waals surface area (Å²) >= 11 is 0. The van der Waals surface area contributed by atoms with Gasteiger partial charge in [0, 0.05) is 12.3 Å². The van der Waals surface area contributed by atoms with Gasteiger partial charge in [-0.3, -0.25) is 0 Å². The first-order valence-corrected chi connectivity index (χ1v) is 22.8. The third-order valence-corrected chi connectivity index (χ3v) is 17.3. The Hall–Kier alpha value is -0.900. The molecular formula is C44H70O16. The van der Waals surface area contributed by atoms with Gasteiger partial charge in [0.15, 0.2) is 24.7 Å². The molecule has 60 heavy (non-hydrogen) atoms. The summed E-state index contributed by atoms with van der Waals surface area (Å²) in [5.74, 6) is 2.62. The zero-order valence-electron chi connectivity index (χ0n) is 35.6. The lowest BCUT2D eigenvalue weighted by atomic mass is 9.47. The van der Waals surface area contributed by atoms with E-state index in [1.807, 2.05) is 0 Å². The minimum Gasteiger partial charge on any atom is -0.394 e. The van der Waals surface area contributed by atoms with Gasteiger partial charge in [-0.25, -0.2) is 0 Å². The van der Waals surface area contributed by atoms with Crippen molar-refractivity contribution in [3.05, 3.63) is 11.6 Å². The molecule has 0 amide bonds. The van der Waals surface area contributed by atoms with E-state index in [1.165, 1.54) is 18.9 Å². The molecular weight excluding hydrogens is 784 g/mol. The van der Waals surface area contributed by atoms with Gasteiger partial charge < -0.3 is 78.7 Å². The normalized spacial score (nSPS) is 57.9. The van der Waals surface area contributed by atoms with Crippen molar-refractivity contribution in [3.8, 4) is 0 Å². The number of hydrogen-bond acceptors (Lipinski definition) is 16. The Labute approximate surface area is 352 Å². The molecule has 8 N–H and O–H groups in total. The van der Waals surface area contributed by atoms with Gasteiger partial charge in [0.05, 0.1) is 38.1 Å². The van der Waals surface area contributed by atoms with Crippen LogP contribution in [0, 0.1) is 46.3 Å². The number of hydrogen-bond donors (Lipinski definition) is 8. The molecule has 0 unspecified atom stereocenters. The molecule has 0 aromatic heterocycles. The van der Waals surface area contributed by atoms with E-state index >= 15 is 0 Å². The second kappa shape index (κ2) is 16.5. The Bertz CT molecular complexity index is 1560. The van der Waals surface area contributed by atoms with Gasteiger partial charge >= 0.3 is 0 Å². The van der Waals surface area contributed by atoms with Crippen LogP contribution in [-0.2, 0) is 37.9 Å². The third-order valence-electron chi connectivity index (χ3n) is 17.3. The van der Waals surface area contributed by atoms with Gasteiger partial charge in [0.25, 0.3) is 0 Å². The van der Waals surface area contributed by atoms with Crippen LogP contribution in [0.4, 0.5) is 0 Å². The summed E-state index contributed by atoms with van der Waals surface area (Å²) in [6, 6.07) is 0. The maximum Gasteiger partial charge on any atom is 0.187 e. The molecule has 342 valence electrons. The molecule has 0 aromatic rings. The molecule has 25 atom stereocenters. The zero-order valence-corrected chi connectivity index (χ0v) is 35.6. The lowest BCUT2D eigenvalue weighted by Gasteiger charge is -2.59. The lowest BCUT2D eigenvalue weighted by Crippen LogP contribution is -2.66. The molecule has 5 aliphatic heterocycles. The minimum atomic E-state index is -1.72. The van der Waals surface area contributed by atoms with Crippen molar-refractivity contribution in [2.45, 2.75) is 196 Å². The molecule has 5 heterocycles. The smallest absolute Gasteiger partial charge is 0.187 e. The van der Waals surface area contributed by atoms with E-state index in [9.17, 15) is 40.9 Å². The summed E-state index contributed by atoms with van der Waals surface area (Å²) in [4.78, 5) is 0. The monoisotopic (exact) mass is 854 g/mol. The molecule has 8 fully saturated rings. The van der Waals surface area contributed by atoms with Gasteiger partial charge in [-0.1, -0.05) is 39.3 Å². The second-order valence-corrected chi connectivity index (χ2v) is 20.6. The first-order chi connectivity index (χ1) is 28.5. The Morgan fingerprint density at radius 1 is 0.733 bits per heavy atom. The van der Waals surface area contributed by atoms with Crippen LogP contribution in [0.15, 0.2) is 11.6 Å². The van der Waals surface area contributed by atoms with Gasteiger partial charge in [-0.05, 0) is 98.7 Å². The van der Waals surface area contributed by atoms with Crippen molar-refractivity contribution in [1.82, 2.24) is 0 Å². The van der Waals surface area contributed by atoms with E-state index < -0.39 is 98.4 Å². The predicted octanol–water partition coefficient (Wildman–Crippen LogP) is 0.853.